The van der Waals surface area contributed by atoms with Gasteiger partial charge in [0.05, 0.1) is 5.69 Å². The predicted octanol–water partition coefficient (Wildman–Crippen LogP) is 1.36. The molecule has 7 heteroatoms. The van der Waals surface area contributed by atoms with E-state index in [-0.39, 0.29) is 17.3 Å². The first-order valence-corrected chi connectivity index (χ1v) is 5.98. The van der Waals surface area contributed by atoms with Gasteiger partial charge in [-0.15, -0.1) is 0 Å². The van der Waals surface area contributed by atoms with Gasteiger partial charge in [0.25, 0.3) is 0 Å². The second-order valence-corrected chi connectivity index (χ2v) is 4.98. The van der Waals surface area contributed by atoms with Crippen LogP contribution in [0.15, 0.2) is 17.0 Å². The van der Waals surface area contributed by atoms with Crippen LogP contribution in [0.3, 0.4) is 0 Å². The molecule has 1 aromatic rings. The van der Waals surface area contributed by atoms with Gasteiger partial charge in [-0.2, -0.15) is 0 Å². The van der Waals surface area contributed by atoms with Gasteiger partial charge in [0, 0.05) is 11.6 Å². The van der Waals surface area contributed by atoms with E-state index in [1.807, 2.05) is 0 Å². The van der Waals surface area contributed by atoms with Crippen LogP contribution < -0.4 is 10.5 Å². The van der Waals surface area contributed by atoms with Crippen LogP contribution in [0, 0.1) is 5.82 Å². The maximum atomic E-state index is 13.4. The van der Waals surface area contributed by atoms with Gasteiger partial charge in [0.1, 0.15) is 4.90 Å². The Morgan fingerprint density at radius 3 is 2.67 bits per heavy atom. The van der Waals surface area contributed by atoms with Crippen molar-refractivity contribution in [1.82, 2.24) is 4.72 Å². The van der Waals surface area contributed by atoms with E-state index >= 15 is 0 Å². The Morgan fingerprint density at radius 2 is 2.13 bits per heavy atom. The van der Waals surface area contributed by atoms with Gasteiger partial charge in [-0.05, 0) is 12.1 Å². The van der Waals surface area contributed by atoms with E-state index in [0.717, 1.165) is 12.1 Å². The van der Waals surface area contributed by atoms with E-state index < -0.39 is 20.7 Å². The SMILES string of the molecule is CCNS(=O)(=O)c1cc(Cl)cc(N)c1F. The first kappa shape index (κ1) is 12.2. The number of nitrogen functional groups attached to an aromatic ring is 1. The number of hydrogen-bond acceptors (Lipinski definition) is 3. The largest absolute Gasteiger partial charge is 0.396 e. The van der Waals surface area contributed by atoms with Gasteiger partial charge in [0.2, 0.25) is 10.0 Å². The normalized spacial score (nSPS) is 11.7. The summed E-state index contributed by atoms with van der Waals surface area (Å²) in [5, 5.41) is 0.0744. The number of nitrogens with one attached hydrogen (secondary N) is 1. The fourth-order valence-corrected chi connectivity index (χ4v) is 2.51. The highest BCUT2D eigenvalue weighted by Crippen LogP contribution is 2.24. The molecule has 0 saturated heterocycles. The fourth-order valence-electron chi connectivity index (χ4n) is 1.05. The van der Waals surface area contributed by atoms with E-state index in [9.17, 15) is 12.8 Å². The van der Waals surface area contributed by atoms with Crippen molar-refractivity contribution in [2.45, 2.75) is 11.8 Å². The van der Waals surface area contributed by atoms with Crippen molar-refractivity contribution < 1.29 is 12.8 Å². The summed E-state index contributed by atoms with van der Waals surface area (Å²) in [4.78, 5) is -0.533. The molecule has 3 N–H and O–H groups in total. The van der Waals surface area contributed by atoms with Gasteiger partial charge in [-0.25, -0.2) is 17.5 Å². The lowest BCUT2D eigenvalue weighted by molar-refractivity contribution is 0.560. The second-order valence-electron chi connectivity index (χ2n) is 2.81. The molecule has 0 saturated carbocycles. The highest BCUT2D eigenvalue weighted by Gasteiger charge is 2.20. The molecule has 84 valence electrons. The number of sulfonamides is 1. The number of nitrogens with two attached hydrogens (primary N) is 1. The van der Waals surface area contributed by atoms with Gasteiger partial charge >= 0.3 is 0 Å². The molecule has 0 aliphatic rings. The number of halogens is 2. The standard InChI is InChI=1S/C8H10ClFN2O2S/c1-2-12-15(13,14)7-4-5(9)3-6(11)8(7)10/h3-4,12H,2,11H2,1H3. The second kappa shape index (κ2) is 4.34. The summed E-state index contributed by atoms with van der Waals surface area (Å²) in [6.07, 6.45) is 0. The molecule has 0 radical (unpaired) electrons. The van der Waals surface area contributed by atoms with E-state index in [1.54, 1.807) is 6.92 Å². The molecular formula is C8H10ClFN2O2S. The summed E-state index contributed by atoms with van der Waals surface area (Å²) in [5.41, 5.74) is 4.97. The van der Waals surface area contributed by atoms with Crippen molar-refractivity contribution in [3.63, 3.8) is 0 Å². The highest BCUT2D eigenvalue weighted by atomic mass is 35.5. The Labute approximate surface area is 92.3 Å². The average Bonchev–Trinajstić information content (AvgIpc) is 2.11. The molecule has 0 unspecified atom stereocenters. The Balaban J connectivity index is 3.38. The number of hydrogen-bond donors (Lipinski definition) is 2. The zero-order chi connectivity index (χ0) is 11.6. The van der Waals surface area contributed by atoms with Gasteiger partial charge in [-0.3, -0.25) is 0 Å². The van der Waals surface area contributed by atoms with E-state index in [4.69, 9.17) is 17.3 Å². The topological polar surface area (TPSA) is 72.2 Å². The number of rotatable bonds is 3. The minimum absolute atomic E-state index is 0.0744. The van der Waals surface area contributed by atoms with Crippen LogP contribution in [0.2, 0.25) is 5.02 Å². The zero-order valence-corrected chi connectivity index (χ0v) is 9.49. The predicted molar refractivity (Wildman–Crippen MR) is 56.7 cm³/mol. The molecule has 0 amide bonds. The van der Waals surface area contributed by atoms with Gasteiger partial charge in [0.15, 0.2) is 5.82 Å². The number of anilines is 1. The van der Waals surface area contributed by atoms with E-state index in [0.29, 0.717) is 0 Å². The zero-order valence-electron chi connectivity index (χ0n) is 7.92. The lowest BCUT2D eigenvalue weighted by Gasteiger charge is -2.07. The third kappa shape index (κ3) is 2.58. The average molecular weight is 253 g/mol. The molecule has 0 aliphatic carbocycles. The first-order valence-electron chi connectivity index (χ1n) is 4.12. The van der Waals surface area contributed by atoms with Crippen molar-refractivity contribution in [2.24, 2.45) is 0 Å². The van der Waals surface area contributed by atoms with Crippen LogP contribution in [-0.4, -0.2) is 15.0 Å². The van der Waals surface area contributed by atoms with Crippen LogP contribution in [0.25, 0.3) is 0 Å². The van der Waals surface area contributed by atoms with Crippen molar-refractivity contribution >= 4 is 27.3 Å². The quantitative estimate of drug-likeness (QED) is 0.798. The van der Waals surface area contributed by atoms with Gasteiger partial charge in [-0.1, -0.05) is 18.5 Å². The summed E-state index contributed by atoms with van der Waals surface area (Å²) < 4.78 is 38.5. The summed E-state index contributed by atoms with van der Waals surface area (Å²) in [6.45, 7) is 1.75. The molecule has 1 rings (SSSR count). The molecule has 0 aliphatic heterocycles. The van der Waals surface area contributed by atoms with E-state index in [1.165, 1.54) is 0 Å². The Bertz CT molecular complexity index is 476. The van der Waals surface area contributed by atoms with Crippen LogP contribution in [0.4, 0.5) is 10.1 Å². The summed E-state index contributed by atoms with van der Waals surface area (Å²) in [5.74, 6) is -0.986. The van der Waals surface area contributed by atoms with Crippen LogP contribution in [0.1, 0.15) is 6.92 Å². The van der Waals surface area contributed by atoms with Crippen LogP contribution in [0.5, 0.6) is 0 Å². The molecule has 0 fully saturated rings. The smallest absolute Gasteiger partial charge is 0.243 e. The minimum atomic E-state index is -3.88. The number of benzene rings is 1. The summed E-state index contributed by atoms with van der Waals surface area (Å²) in [7, 11) is -3.88. The molecule has 1 aromatic carbocycles. The van der Waals surface area contributed by atoms with Crippen LogP contribution >= 0.6 is 11.6 Å². The van der Waals surface area contributed by atoms with Crippen molar-refractivity contribution in [3.8, 4) is 0 Å². The monoisotopic (exact) mass is 252 g/mol. The third-order valence-corrected chi connectivity index (χ3v) is 3.42. The molecule has 0 aromatic heterocycles. The molecule has 0 bridgehead atoms. The molecule has 15 heavy (non-hydrogen) atoms. The van der Waals surface area contributed by atoms with E-state index in [2.05, 4.69) is 4.72 Å². The van der Waals surface area contributed by atoms with Crippen molar-refractivity contribution in [2.75, 3.05) is 12.3 Å². The Hall–Kier alpha value is -0.850. The highest BCUT2D eigenvalue weighted by molar-refractivity contribution is 7.89. The molecule has 0 heterocycles. The maximum absolute atomic E-state index is 13.4. The Morgan fingerprint density at radius 1 is 1.53 bits per heavy atom. The lowest BCUT2D eigenvalue weighted by atomic mass is 10.3. The summed E-state index contributed by atoms with van der Waals surface area (Å²) in [6, 6.07) is 2.17. The lowest BCUT2D eigenvalue weighted by Crippen LogP contribution is -2.24. The van der Waals surface area contributed by atoms with Crippen molar-refractivity contribution in [1.29, 1.82) is 0 Å². The Kier molecular flexibility index (Phi) is 3.54. The van der Waals surface area contributed by atoms with Crippen LogP contribution in [-0.2, 0) is 10.0 Å². The van der Waals surface area contributed by atoms with Gasteiger partial charge < -0.3 is 5.73 Å². The third-order valence-electron chi connectivity index (χ3n) is 1.66. The minimum Gasteiger partial charge on any atom is -0.396 e. The molecule has 4 nitrogen and oxygen atoms in total. The summed E-state index contributed by atoms with van der Waals surface area (Å²) >= 11 is 5.59. The molecule has 0 spiro atoms. The fraction of sp³-hybridized carbons (Fsp3) is 0.250. The molecular weight excluding hydrogens is 243 g/mol. The molecule has 0 atom stereocenters. The first-order chi connectivity index (χ1) is 6.88. The maximum Gasteiger partial charge on any atom is 0.243 e. The van der Waals surface area contributed by atoms with Crippen molar-refractivity contribution in [3.05, 3.63) is 23.0 Å².